The fourth-order valence-electron chi connectivity index (χ4n) is 2.18. The number of methoxy groups -OCH3 is 1. The summed E-state index contributed by atoms with van der Waals surface area (Å²) < 4.78 is 5.24. The maximum absolute atomic E-state index is 5.24. The third-order valence-electron chi connectivity index (χ3n) is 3.41. The van der Waals surface area contributed by atoms with Crippen molar-refractivity contribution in [2.75, 3.05) is 12.4 Å². The molecule has 0 saturated heterocycles. The Bertz CT molecular complexity index is 648. The molecule has 0 spiro atoms. The minimum absolute atomic E-state index is 0.111. The lowest BCUT2D eigenvalue weighted by molar-refractivity contribution is 0.181. The van der Waals surface area contributed by atoms with Crippen molar-refractivity contribution in [1.29, 1.82) is 0 Å². The van der Waals surface area contributed by atoms with Crippen LogP contribution < -0.4 is 5.32 Å². The Labute approximate surface area is 142 Å². The third-order valence-corrected chi connectivity index (χ3v) is 4.48. The molecule has 2 rings (SSSR count). The van der Waals surface area contributed by atoms with Gasteiger partial charge < -0.3 is 10.1 Å². The van der Waals surface area contributed by atoms with Crippen LogP contribution in [0.4, 0.5) is 5.82 Å². The molecule has 1 N–H and O–H groups in total. The van der Waals surface area contributed by atoms with E-state index in [1.165, 1.54) is 0 Å². The van der Waals surface area contributed by atoms with E-state index >= 15 is 0 Å². The lowest BCUT2D eigenvalue weighted by Gasteiger charge is -2.21. The monoisotopic (exact) mass is 334 g/mol. The molecule has 2 heterocycles. The highest BCUT2D eigenvalue weighted by Crippen LogP contribution is 2.26. The molecule has 6 heteroatoms. The molecular weight excluding hydrogens is 308 g/mol. The minimum atomic E-state index is -0.111. The van der Waals surface area contributed by atoms with Gasteiger partial charge in [-0.3, -0.25) is 0 Å². The molecule has 0 bridgehead atoms. The Kier molecular flexibility index (Phi) is 5.70. The summed E-state index contributed by atoms with van der Waals surface area (Å²) in [6, 6.07) is 2.12. The van der Waals surface area contributed by atoms with Crippen LogP contribution >= 0.6 is 11.3 Å². The Morgan fingerprint density at radius 1 is 1.26 bits per heavy atom. The van der Waals surface area contributed by atoms with Crippen LogP contribution in [0.5, 0.6) is 0 Å². The van der Waals surface area contributed by atoms with Crippen molar-refractivity contribution >= 4 is 17.2 Å². The first kappa shape index (κ1) is 17.8. The van der Waals surface area contributed by atoms with Gasteiger partial charge in [0, 0.05) is 29.7 Å². The largest absolute Gasteiger partial charge is 0.378 e. The first-order valence-corrected chi connectivity index (χ1v) is 8.77. The van der Waals surface area contributed by atoms with Crippen molar-refractivity contribution in [3.8, 4) is 0 Å². The lowest BCUT2D eigenvalue weighted by Crippen LogP contribution is -2.19. The average molecular weight is 334 g/mol. The van der Waals surface area contributed by atoms with Gasteiger partial charge in [-0.1, -0.05) is 27.7 Å². The van der Waals surface area contributed by atoms with E-state index in [4.69, 9.17) is 9.72 Å². The molecule has 0 aromatic carbocycles. The summed E-state index contributed by atoms with van der Waals surface area (Å²) in [6.45, 7) is 11.0. The summed E-state index contributed by atoms with van der Waals surface area (Å²) in [6.07, 6.45) is 0.946. The highest BCUT2D eigenvalue weighted by Gasteiger charge is 2.20. The van der Waals surface area contributed by atoms with Gasteiger partial charge in [0.05, 0.1) is 18.3 Å². The molecular formula is C17H26N4OS. The second-order valence-corrected chi connectivity index (χ2v) is 7.57. The van der Waals surface area contributed by atoms with Gasteiger partial charge in [-0.2, -0.15) is 0 Å². The number of ether oxygens (including phenoxy) is 1. The van der Waals surface area contributed by atoms with Crippen LogP contribution in [0.15, 0.2) is 11.4 Å². The highest BCUT2D eigenvalue weighted by atomic mass is 32.1. The molecule has 2 aromatic rings. The Morgan fingerprint density at radius 2 is 2.00 bits per heavy atom. The van der Waals surface area contributed by atoms with Crippen LogP contribution in [-0.4, -0.2) is 22.1 Å². The average Bonchev–Trinajstić information content (AvgIpc) is 2.90. The van der Waals surface area contributed by atoms with Crippen molar-refractivity contribution in [2.45, 2.75) is 59.1 Å². The SMILES string of the molecule is CCC(Nc1cc(COC)nc(C(C)(C)C)n1)c1nc(C)cs1. The summed E-state index contributed by atoms with van der Waals surface area (Å²) in [5, 5.41) is 6.68. The predicted molar refractivity (Wildman–Crippen MR) is 95.0 cm³/mol. The van der Waals surface area contributed by atoms with Gasteiger partial charge in [-0.05, 0) is 13.3 Å². The second-order valence-electron chi connectivity index (χ2n) is 6.68. The summed E-state index contributed by atoms with van der Waals surface area (Å²) in [4.78, 5) is 13.9. The van der Waals surface area contributed by atoms with Gasteiger partial charge in [0.25, 0.3) is 0 Å². The molecule has 23 heavy (non-hydrogen) atoms. The van der Waals surface area contributed by atoms with Crippen LogP contribution in [0, 0.1) is 6.92 Å². The first-order chi connectivity index (χ1) is 10.8. The molecule has 0 fully saturated rings. The quantitative estimate of drug-likeness (QED) is 0.856. The number of rotatable bonds is 6. The summed E-state index contributed by atoms with van der Waals surface area (Å²) in [5.41, 5.74) is 1.84. The molecule has 5 nitrogen and oxygen atoms in total. The van der Waals surface area contributed by atoms with Crippen LogP contribution in [0.25, 0.3) is 0 Å². The van der Waals surface area contributed by atoms with E-state index in [0.717, 1.165) is 34.5 Å². The zero-order valence-electron chi connectivity index (χ0n) is 14.8. The number of hydrogen-bond donors (Lipinski definition) is 1. The van der Waals surface area contributed by atoms with Crippen molar-refractivity contribution in [2.24, 2.45) is 0 Å². The van der Waals surface area contributed by atoms with E-state index in [2.05, 4.69) is 48.4 Å². The normalized spacial score (nSPS) is 13.1. The van der Waals surface area contributed by atoms with Gasteiger partial charge >= 0.3 is 0 Å². The van der Waals surface area contributed by atoms with Gasteiger partial charge in [0.15, 0.2) is 0 Å². The number of nitrogens with zero attached hydrogens (tertiary/aromatic N) is 3. The number of nitrogens with one attached hydrogen (secondary N) is 1. The number of thiazole rings is 1. The number of anilines is 1. The second kappa shape index (κ2) is 7.36. The molecule has 0 aliphatic heterocycles. The van der Waals surface area contributed by atoms with E-state index in [0.29, 0.717) is 6.61 Å². The van der Waals surface area contributed by atoms with Crippen molar-refractivity contribution in [3.63, 3.8) is 0 Å². The van der Waals surface area contributed by atoms with Gasteiger partial charge in [0.2, 0.25) is 0 Å². The fraction of sp³-hybridized carbons (Fsp3) is 0.588. The standard InChI is InChI=1S/C17H26N4OS/c1-7-13(15-18-11(2)10-23-15)20-14-8-12(9-22-6)19-16(21-14)17(3,4)5/h8,10,13H,7,9H2,1-6H3,(H,19,20,21). The first-order valence-electron chi connectivity index (χ1n) is 7.89. The van der Waals surface area contributed by atoms with Gasteiger partial charge in [-0.25, -0.2) is 15.0 Å². The van der Waals surface area contributed by atoms with E-state index in [-0.39, 0.29) is 11.5 Å². The summed E-state index contributed by atoms with van der Waals surface area (Å²) >= 11 is 1.68. The maximum Gasteiger partial charge on any atom is 0.136 e. The Hall–Kier alpha value is -1.53. The van der Waals surface area contributed by atoms with E-state index < -0.39 is 0 Å². The maximum atomic E-state index is 5.24. The van der Waals surface area contributed by atoms with Gasteiger partial charge in [0.1, 0.15) is 16.6 Å². The van der Waals surface area contributed by atoms with Crippen molar-refractivity contribution < 1.29 is 4.74 Å². The Balaban J connectivity index is 2.31. The highest BCUT2D eigenvalue weighted by molar-refractivity contribution is 7.09. The molecule has 1 unspecified atom stereocenters. The third kappa shape index (κ3) is 4.72. The van der Waals surface area contributed by atoms with Crippen LogP contribution in [0.2, 0.25) is 0 Å². The zero-order chi connectivity index (χ0) is 17.0. The zero-order valence-corrected chi connectivity index (χ0v) is 15.6. The van der Waals surface area contributed by atoms with Crippen LogP contribution in [0.3, 0.4) is 0 Å². The van der Waals surface area contributed by atoms with Crippen molar-refractivity contribution in [1.82, 2.24) is 15.0 Å². The molecule has 0 aliphatic rings. The van der Waals surface area contributed by atoms with E-state index in [1.807, 2.05) is 13.0 Å². The lowest BCUT2D eigenvalue weighted by atomic mass is 9.95. The summed E-state index contributed by atoms with van der Waals surface area (Å²) in [7, 11) is 1.68. The number of hydrogen-bond acceptors (Lipinski definition) is 6. The smallest absolute Gasteiger partial charge is 0.136 e. The van der Waals surface area contributed by atoms with Crippen LogP contribution in [-0.2, 0) is 16.8 Å². The van der Waals surface area contributed by atoms with Gasteiger partial charge in [-0.15, -0.1) is 11.3 Å². The van der Waals surface area contributed by atoms with E-state index in [1.54, 1.807) is 18.4 Å². The topological polar surface area (TPSA) is 59.9 Å². The molecule has 2 aromatic heterocycles. The minimum Gasteiger partial charge on any atom is -0.378 e. The van der Waals surface area contributed by atoms with E-state index in [9.17, 15) is 0 Å². The fourth-order valence-corrected chi connectivity index (χ4v) is 3.11. The summed E-state index contributed by atoms with van der Waals surface area (Å²) in [5.74, 6) is 1.65. The molecule has 0 radical (unpaired) electrons. The molecule has 126 valence electrons. The molecule has 1 atom stereocenters. The molecule has 0 amide bonds. The number of aryl methyl sites for hydroxylation is 1. The molecule has 0 aliphatic carbocycles. The Morgan fingerprint density at radius 3 is 2.52 bits per heavy atom. The van der Waals surface area contributed by atoms with Crippen molar-refractivity contribution in [3.05, 3.63) is 33.7 Å². The molecule has 0 saturated carbocycles. The van der Waals surface area contributed by atoms with Crippen LogP contribution in [0.1, 0.15) is 62.4 Å². The number of aromatic nitrogens is 3. The predicted octanol–water partition coefficient (Wildman–Crippen LogP) is 4.25.